The topological polar surface area (TPSA) is 57.1 Å². The average molecular weight is 410 g/mol. The Labute approximate surface area is 179 Å². The number of likely N-dealkylation sites (tertiary alicyclic amines) is 1. The Balaban J connectivity index is 1.42. The number of hydrogen-bond acceptors (Lipinski definition) is 3. The smallest absolute Gasteiger partial charge is 0.277 e. The SMILES string of the molecule is CN(Cc1ccc(N(C)C)cc1)C(=O)C[NH+]1CCC(C(=O)Nc2ccccc2)CC1. The third-order valence-electron chi connectivity index (χ3n) is 5.80. The Morgan fingerprint density at radius 3 is 2.20 bits per heavy atom. The molecule has 1 fully saturated rings. The van der Waals surface area contributed by atoms with Gasteiger partial charge < -0.3 is 20.0 Å². The molecule has 0 unspecified atom stereocenters. The van der Waals surface area contributed by atoms with Crippen molar-refractivity contribution in [3.05, 3.63) is 60.2 Å². The predicted molar refractivity (Wildman–Crippen MR) is 121 cm³/mol. The molecule has 6 nitrogen and oxygen atoms in total. The molecule has 2 aromatic rings. The fourth-order valence-corrected chi connectivity index (χ4v) is 3.84. The van der Waals surface area contributed by atoms with Crippen LogP contribution in [-0.4, -0.2) is 57.5 Å². The van der Waals surface area contributed by atoms with Crippen LogP contribution in [0.2, 0.25) is 0 Å². The summed E-state index contributed by atoms with van der Waals surface area (Å²) in [5.41, 5.74) is 3.12. The molecule has 0 radical (unpaired) electrons. The molecular weight excluding hydrogens is 376 g/mol. The van der Waals surface area contributed by atoms with E-state index in [1.165, 1.54) is 4.90 Å². The molecule has 160 valence electrons. The highest BCUT2D eigenvalue weighted by molar-refractivity contribution is 5.92. The summed E-state index contributed by atoms with van der Waals surface area (Å²) >= 11 is 0. The van der Waals surface area contributed by atoms with Gasteiger partial charge in [-0.3, -0.25) is 9.59 Å². The van der Waals surface area contributed by atoms with Crippen LogP contribution in [0.25, 0.3) is 0 Å². The van der Waals surface area contributed by atoms with E-state index in [4.69, 9.17) is 0 Å². The molecule has 0 aromatic heterocycles. The van der Waals surface area contributed by atoms with Crippen LogP contribution < -0.4 is 15.1 Å². The first-order valence-corrected chi connectivity index (χ1v) is 10.6. The van der Waals surface area contributed by atoms with E-state index in [1.807, 2.05) is 51.5 Å². The zero-order valence-electron chi connectivity index (χ0n) is 18.2. The summed E-state index contributed by atoms with van der Waals surface area (Å²) in [5, 5.41) is 3.00. The monoisotopic (exact) mass is 409 g/mol. The van der Waals surface area contributed by atoms with Gasteiger partial charge in [-0.25, -0.2) is 0 Å². The van der Waals surface area contributed by atoms with E-state index >= 15 is 0 Å². The predicted octanol–water partition coefficient (Wildman–Crippen LogP) is 1.64. The fourth-order valence-electron chi connectivity index (χ4n) is 3.84. The van der Waals surface area contributed by atoms with E-state index in [-0.39, 0.29) is 17.7 Å². The standard InChI is InChI=1S/C24H32N4O2/c1-26(2)22-11-9-19(10-12-22)17-27(3)23(29)18-28-15-13-20(14-16-28)24(30)25-21-7-5-4-6-8-21/h4-12,20H,13-18H2,1-3H3,(H,25,30)/p+1. The van der Waals surface area contributed by atoms with Crippen LogP contribution in [0.1, 0.15) is 18.4 Å². The number of carbonyl (C=O) groups excluding carboxylic acids is 2. The van der Waals surface area contributed by atoms with Crippen molar-refractivity contribution in [3.63, 3.8) is 0 Å². The van der Waals surface area contributed by atoms with E-state index < -0.39 is 0 Å². The molecule has 0 bridgehead atoms. The lowest BCUT2D eigenvalue weighted by atomic mass is 9.95. The molecule has 3 rings (SSSR count). The van der Waals surface area contributed by atoms with E-state index in [9.17, 15) is 9.59 Å². The average Bonchev–Trinajstić information content (AvgIpc) is 2.75. The second kappa shape index (κ2) is 10.3. The first-order valence-electron chi connectivity index (χ1n) is 10.6. The minimum Gasteiger partial charge on any atom is -0.378 e. The van der Waals surface area contributed by atoms with Crippen molar-refractivity contribution in [1.29, 1.82) is 0 Å². The van der Waals surface area contributed by atoms with Crippen LogP contribution in [0.4, 0.5) is 11.4 Å². The highest BCUT2D eigenvalue weighted by Crippen LogP contribution is 2.15. The third-order valence-corrected chi connectivity index (χ3v) is 5.80. The van der Waals surface area contributed by atoms with Gasteiger partial charge in [0.15, 0.2) is 6.54 Å². The Morgan fingerprint density at radius 2 is 1.60 bits per heavy atom. The van der Waals surface area contributed by atoms with Gasteiger partial charge in [0, 0.05) is 57.8 Å². The maximum atomic E-state index is 12.7. The van der Waals surface area contributed by atoms with Gasteiger partial charge >= 0.3 is 0 Å². The summed E-state index contributed by atoms with van der Waals surface area (Å²) in [4.78, 5) is 30.3. The lowest BCUT2D eigenvalue weighted by Crippen LogP contribution is -3.14. The lowest BCUT2D eigenvalue weighted by molar-refractivity contribution is -0.898. The molecule has 0 spiro atoms. The maximum Gasteiger partial charge on any atom is 0.277 e. The third kappa shape index (κ3) is 6.07. The number of piperidine rings is 1. The number of quaternary nitrogens is 1. The van der Waals surface area contributed by atoms with E-state index in [2.05, 4.69) is 34.5 Å². The molecule has 1 aliphatic rings. The molecule has 0 saturated carbocycles. The number of carbonyl (C=O) groups is 2. The highest BCUT2D eigenvalue weighted by Gasteiger charge is 2.29. The summed E-state index contributed by atoms with van der Waals surface area (Å²) in [6.07, 6.45) is 1.63. The van der Waals surface area contributed by atoms with Crippen molar-refractivity contribution in [3.8, 4) is 0 Å². The van der Waals surface area contributed by atoms with Crippen molar-refractivity contribution >= 4 is 23.2 Å². The summed E-state index contributed by atoms with van der Waals surface area (Å²) in [5.74, 6) is 0.260. The van der Waals surface area contributed by atoms with Crippen LogP contribution in [0.15, 0.2) is 54.6 Å². The summed E-state index contributed by atoms with van der Waals surface area (Å²) in [6.45, 7) is 2.80. The second-order valence-electron chi connectivity index (χ2n) is 8.37. The quantitative estimate of drug-likeness (QED) is 0.731. The summed E-state index contributed by atoms with van der Waals surface area (Å²) in [6, 6.07) is 17.9. The minimum atomic E-state index is 0.0250. The fraction of sp³-hybridized carbons (Fsp3) is 0.417. The molecule has 30 heavy (non-hydrogen) atoms. The molecule has 1 heterocycles. The molecule has 1 aliphatic heterocycles. The number of para-hydroxylation sites is 1. The van der Waals surface area contributed by atoms with Gasteiger partial charge in [-0.15, -0.1) is 0 Å². The van der Waals surface area contributed by atoms with Crippen molar-refractivity contribution in [1.82, 2.24) is 4.90 Å². The van der Waals surface area contributed by atoms with E-state index in [1.54, 1.807) is 4.90 Å². The molecule has 0 aliphatic carbocycles. The Bertz CT molecular complexity index is 828. The first-order chi connectivity index (χ1) is 14.4. The number of benzene rings is 2. The first kappa shape index (κ1) is 21.8. The number of likely N-dealkylation sites (N-methyl/N-ethyl adjacent to an activating group) is 1. The van der Waals surface area contributed by atoms with Gasteiger partial charge in [0.1, 0.15) is 0 Å². The molecule has 1 saturated heterocycles. The van der Waals surface area contributed by atoms with Gasteiger partial charge in [0.25, 0.3) is 5.91 Å². The lowest BCUT2D eigenvalue weighted by Gasteiger charge is -2.29. The molecule has 2 aromatic carbocycles. The van der Waals surface area contributed by atoms with Gasteiger partial charge in [-0.1, -0.05) is 30.3 Å². The molecule has 2 amide bonds. The molecule has 0 atom stereocenters. The molecule has 2 N–H and O–H groups in total. The van der Waals surface area contributed by atoms with Gasteiger partial charge in [-0.2, -0.15) is 0 Å². The van der Waals surface area contributed by atoms with Crippen LogP contribution in [0, 0.1) is 5.92 Å². The zero-order chi connectivity index (χ0) is 21.5. The number of amides is 2. The van der Waals surface area contributed by atoms with E-state index in [0.29, 0.717) is 13.1 Å². The number of anilines is 2. The Hall–Kier alpha value is -2.86. The zero-order valence-corrected chi connectivity index (χ0v) is 18.2. The number of rotatable bonds is 7. The number of nitrogens with one attached hydrogen (secondary N) is 2. The van der Waals surface area contributed by atoms with Crippen LogP contribution >= 0.6 is 0 Å². The van der Waals surface area contributed by atoms with Crippen molar-refractivity contribution in [2.24, 2.45) is 5.92 Å². The van der Waals surface area contributed by atoms with Gasteiger partial charge in [-0.05, 0) is 29.8 Å². The normalized spacial score (nSPS) is 18.5. The van der Waals surface area contributed by atoms with E-state index in [0.717, 1.165) is 42.9 Å². The van der Waals surface area contributed by atoms with Crippen LogP contribution in [0.5, 0.6) is 0 Å². The second-order valence-corrected chi connectivity index (χ2v) is 8.37. The van der Waals surface area contributed by atoms with Crippen molar-refractivity contribution in [2.45, 2.75) is 19.4 Å². The number of nitrogens with zero attached hydrogens (tertiary/aromatic N) is 2. The maximum absolute atomic E-state index is 12.7. The molecular formula is C24H33N4O2+. The Morgan fingerprint density at radius 1 is 0.967 bits per heavy atom. The Kier molecular flexibility index (Phi) is 7.46. The van der Waals surface area contributed by atoms with Crippen LogP contribution in [-0.2, 0) is 16.1 Å². The van der Waals surface area contributed by atoms with Crippen molar-refractivity contribution in [2.75, 3.05) is 51.0 Å². The van der Waals surface area contributed by atoms with Gasteiger partial charge in [0.05, 0.1) is 13.1 Å². The van der Waals surface area contributed by atoms with Gasteiger partial charge in [0.2, 0.25) is 5.91 Å². The minimum absolute atomic E-state index is 0.0250. The largest absolute Gasteiger partial charge is 0.378 e. The number of hydrogen-bond donors (Lipinski definition) is 2. The van der Waals surface area contributed by atoms with Crippen LogP contribution in [0.3, 0.4) is 0 Å². The highest BCUT2D eigenvalue weighted by atomic mass is 16.2. The summed E-state index contributed by atoms with van der Waals surface area (Å²) in [7, 11) is 5.89. The molecule has 6 heteroatoms. The summed E-state index contributed by atoms with van der Waals surface area (Å²) < 4.78 is 0. The van der Waals surface area contributed by atoms with Crippen molar-refractivity contribution < 1.29 is 14.5 Å².